The fraction of sp³-hybridized carbons (Fsp3) is 0.543. The van der Waals surface area contributed by atoms with Gasteiger partial charge in [-0.1, -0.05) is 19.9 Å². The lowest BCUT2D eigenvalue weighted by Gasteiger charge is -2.45. The summed E-state index contributed by atoms with van der Waals surface area (Å²) in [6, 6.07) is 2.02. The second kappa shape index (κ2) is 14.9. The Kier molecular flexibility index (Phi) is 11.9. The fourth-order valence-electron chi connectivity index (χ4n) is 6.75. The van der Waals surface area contributed by atoms with Crippen molar-refractivity contribution < 1.29 is 14.1 Å². The van der Waals surface area contributed by atoms with Gasteiger partial charge in [-0.25, -0.2) is 0 Å². The Hall–Kier alpha value is -3.56. The van der Waals surface area contributed by atoms with Crippen molar-refractivity contribution in [3.05, 3.63) is 64.8 Å². The molecule has 0 spiro atoms. The van der Waals surface area contributed by atoms with E-state index in [9.17, 15) is 9.59 Å². The number of amides is 2. The molecule has 0 bridgehead atoms. The third kappa shape index (κ3) is 7.74. The van der Waals surface area contributed by atoms with Gasteiger partial charge in [0.1, 0.15) is 17.8 Å². The maximum absolute atomic E-state index is 13.8. The molecule has 0 aromatic carbocycles. The van der Waals surface area contributed by atoms with Crippen molar-refractivity contribution >= 4 is 29.4 Å². The molecule has 44 heavy (non-hydrogen) atoms. The quantitative estimate of drug-likeness (QED) is 0.166. The number of aromatic nitrogens is 1. The second-order valence-electron chi connectivity index (χ2n) is 12.8. The van der Waals surface area contributed by atoms with E-state index in [2.05, 4.69) is 85.4 Å². The lowest BCUT2D eigenvalue weighted by atomic mass is 9.99. The van der Waals surface area contributed by atoms with Gasteiger partial charge in [0.15, 0.2) is 0 Å². The van der Waals surface area contributed by atoms with Gasteiger partial charge in [-0.3, -0.25) is 28.9 Å². The Bertz CT molecular complexity index is 1370. The van der Waals surface area contributed by atoms with Crippen molar-refractivity contribution in [1.29, 1.82) is 0 Å². The molecule has 1 saturated heterocycles. The molecule has 3 heterocycles. The lowest BCUT2D eigenvalue weighted by Crippen LogP contribution is -2.55. The van der Waals surface area contributed by atoms with E-state index in [4.69, 9.17) is 5.73 Å². The van der Waals surface area contributed by atoms with Crippen LogP contribution < -0.4 is 16.4 Å². The van der Waals surface area contributed by atoms with Gasteiger partial charge in [0.05, 0.1) is 35.9 Å². The molecule has 2 aliphatic heterocycles. The summed E-state index contributed by atoms with van der Waals surface area (Å²) < 4.78 is 0.578. The zero-order valence-corrected chi connectivity index (χ0v) is 28.3. The fourth-order valence-corrected chi connectivity index (χ4v) is 6.75. The molecule has 0 aliphatic carbocycles. The van der Waals surface area contributed by atoms with Crippen LogP contribution in [0.1, 0.15) is 79.3 Å². The number of quaternary nitrogens is 1. The minimum absolute atomic E-state index is 0.0588. The molecule has 0 saturated carbocycles. The highest BCUT2D eigenvalue weighted by molar-refractivity contribution is 6.04. The summed E-state index contributed by atoms with van der Waals surface area (Å²) in [5.74, 6) is -0.234. The summed E-state index contributed by atoms with van der Waals surface area (Å²) in [6.07, 6.45) is 15.9. The number of nitrogens with one attached hydrogen (secondary N) is 2. The van der Waals surface area contributed by atoms with E-state index in [1.807, 2.05) is 13.8 Å². The Morgan fingerprint density at radius 1 is 1.27 bits per heavy atom. The number of likely N-dealkylation sites (N-methyl/N-ethyl adjacent to an activating group) is 1. The number of carbonyl (C=O) groups excluding carboxylic acids is 2. The molecule has 2 amide bonds. The monoisotopic (exact) mass is 604 g/mol. The van der Waals surface area contributed by atoms with Crippen LogP contribution in [-0.4, -0.2) is 77.2 Å². The number of aliphatic imine (C=N–C) groups is 1. The Labute approximate surface area is 264 Å². The molecule has 3 rings (SSSR count). The third-order valence-electron chi connectivity index (χ3n) is 9.64. The van der Waals surface area contributed by atoms with Crippen LogP contribution in [0, 0.1) is 6.92 Å². The number of likely N-dealkylation sites (tertiary alicyclic amines) is 1. The van der Waals surface area contributed by atoms with Crippen molar-refractivity contribution in [3.8, 4) is 0 Å². The first kappa shape index (κ1) is 34.9. The smallest absolute Gasteiger partial charge is 0.256 e. The van der Waals surface area contributed by atoms with Crippen LogP contribution in [-0.2, 0) is 9.59 Å². The zero-order valence-electron chi connectivity index (χ0n) is 28.3. The molecule has 3 atom stereocenters. The van der Waals surface area contributed by atoms with Crippen molar-refractivity contribution in [2.24, 2.45) is 10.7 Å². The van der Waals surface area contributed by atoms with Gasteiger partial charge >= 0.3 is 0 Å². The van der Waals surface area contributed by atoms with Gasteiger partial charge in [-0.15, -0.1) is 0 Å². The topological polar surface area (TPSA) is 113 Å². The highest BCUT2D eigenvalue weighted by atomic mass is 16.2. The number of pyridine rings is 1. The molecule has 1 aromatic heterocycles. The number of nitrogens with zero attached hydrogens (tertiary/aromatic N) is 4. The molecule has 2 aliphatic rings. The number of rotatable bonds is 11. The molecular weight excluding hydrogens is 550 g/mol. The normalized spacial score (nSPS) is 24.6. The SMILES string of the molecule is CC/C(=C(/C)C(=O)Nc1cc(NC(=O)CCN2CCCC2(C)C)cnc1C)[N+]1(C)C(C)C=C(/C(C=NC)=C/N)C=CC1CC. The average Bonchev–Trinajstić information content (AvgIpc) is 3.27. The number of anilines is 2. The van der Waals surface area contributed by atoms with E-state index in [1.54, 1.807) is 31.7 Å². The Morgan fingerprint density at radius 3 is 2.59 bits per heavy atom. The van der Waals surface area contributed by atoms with E-state index in [-0.39, 0.29) is 29.4 Å². The van der Waals surface area contributed by atoms with E-state index in [0.29, 0.717) is 40.0 Å². The van der Waals surface area contributed by atoms with Gasteiger partial charge in [-0.05, 0) is 77.8 Å². The minimum atomic E-state index is -0.175. The second-order valence-corrected chi connectivity index (χ2v) is 12.8. The standard InChI is InChI=1S/C35H53N7O2/c1-10-30-14-13-27(28(21-36)22-37-8)19-24(3)42(30,9)32(11-2)25(4)34(44)40-31-20-29(23-38-26(31)5)39-33(43)15-18-41-17-12-16-35(41,6)7/h13-14,19-24,30H,10-12,15-18H2,1-9H3,(H3-,36,37,39,40,43,44)/p+1/b32-25+. The van der Waals surface area contributed by atoms with Gasteiger partial charge < -0.3 is 16.4 Å². The van der Waals surface area contributed by atoms with Gasteiger partial charge in [0.2, 0.25) is 5.91 Å². The molecule has 3 unspecified atom stereocenters. The van der Waals surface area contributed by atoms with Crippen LogP contribution in [0.2, 0.25) is 0 Å². The van der Waals surface area contributed by atoms with E-state index in [0.717, 1.165) is 42.8 Å². The predicted octanol–water partition coefficient (Wildman–Crippen LogP) is 5.87. The number of aryl methyl sites for hydroxylation is 1. The summed E-state index contributed by atoms with van der Waals surface area (Å²) in [5.41, 5.74) is 11.5. The van der Waals surface area contributed by atoms with Gasteiger partial charge in [0, 0.05) is 56.4 Å². The first-order valence-corrected chi connectivity index (χ1v) is 16.0. The number of allylic oxidation sites excluding steroid dienone is 4. The number of nitrogens with two attached hydrogens (primary N) is 1. The molecular formula is C35H54N7O2+. The van der Waals surface area contributed by atoms with Gasteiger partial charge in [-0.2, -0.15) is 0 Å². The van der Waals surface area contributed by atoms with Crippen molar-refractivity contribution in [2.75, 3.05) is 37.8 Å². The van der Waals surface area contributed by atoms with Crippen molar-refractivity contribution in [2.45, 2.75) is 98.2 Å². The zero-order chi connectivity index (χ0) is 32.7. The minimum Gasteiger partial charge on any atom is -0.404 e. The molecule has 1 aromatic rings. The average molecular weight is 605 g/mol. The van der Waals surface area contributed by atoms with Gasteiger partial charge in [0.25, 0.3) is 5.91 Å². The first-order chi connectivity index (χ1) is 20.8. The highest BCUT2D eigenvalue weighted by Crippen LogP contribution is 2.36. The molecule has 0 radical (unpaired) electrons. The molecule has 1 fully saturated rings. The predicted molar refractivity (Wildman–Crippen MR) is 182 cm³/mol. The summed E-state index contributed by atoms with van der Waals surface area (Å²) in [6.45, 7) is 16.5. The van der Waals surface area contributed by atoms with Crippen LogP contribution >= 0.6 is 0 Å². The Balaban J connectivity index is 1.84. The number of hydrogen-bond donors (Lipinski definition) is 3. The van der Waals surface area contributed by atoms with Crippen LogP contribution in [0.15, 0.2) is 64.1 Å². The van der Waals surface area contributed by atoms with Crippen LogP contribution in [0.25, 0.3) is 0 Å². The molecule has 240 valence electrons. The summed E-state index contributed by atoms with van der Waals surface area (Å²) in [5, 5.41) is 6.07. The summed E-state index contributed by atoms with van der Waals surface area (Å²) in [4.78, 5) is 37.6. The van der Waals surface area contributed by atoms with E-state index >= 15 is 0 Å². The summed E-state index contributed by atoms with van der Waals surface area (Å²) in [7, 11) is 3.95. The highest BCUT2D eigenvalue weighted by Gasteiger charge is 2.41. The van der Waals surface area contributed by atoms with Crippen LogP contribution in [0.4, 0.5) is 11.4 Å². The van der Waals surface area contributed by atoms with E-state index in [1.165, 1.54) is 6.42 Å². The van der Waals surface area contributed by atoms with Crippen molar-refractivity contribution in [3.63, 3.8) is 0 Å². The molecule has 9 heteroatoms. The number of carbonyl (C=O) groups is 2. The third-order valence-corrected chi connectivity index (χ3v) is 9.64. The van der Waals surface area contributed by atoms with Crippen molar-refractivity contribution in [1.82, 2.24) is 9.88 Å². The lowest BCUT2D eigenvalue weighted by molar-refractivity contribution is -0.908. The maximum atomic E-state index is 13.8. The first-order valence-electron chi connectivity index (χ1n) is 16.0. The summed E-state index contributed by atoms with van der Waals surface area (Å²) >= 11 is 0. The molecule has 4 N–H and O–H groups in total. The van der Waals surface area contributed by atoms with Crippen LogP contribution in [0.3, 0.4) is 0 Å². The van der Waals surface area contributed by atoms with Crippen LogP contribution in [0.5, 0.6) is 0 Å². The van der Waals surface area contributed by atoms with E-state index < -0.39 is 0 Å². The largest absolute Gasteiger partial charge is 0.404 e. The maximum Gasteiger partial charge on any atom is 0.256 e. The Morgan fingerprint density at radius 2 is 2.00 bits per heavy atom. The number of hydrogen-bond acceptors (Lipinski definition) is 6. The molecule has 9 nitrogen and oxygen atoms in total.